The van der Waals surface area contributed by atoms with Crippen LogP contribution in [0.1, 0.15) is 32.0 Å². The van der Waals surface area contributed by atoms with Crippen molar-refractivity contribution in [3.05, 3.63) is 0 Å². The number of nitrogens with two attached hydrogens (primary N) is 2. The molecule has 0 radical (unpaired) electrons. The molecule has 12 heteroatoms. The van der Waals surface area contributed by atoms with Gasteiger partial charge in [-0.15, -0.1) is 0 Å². The fourth-order valence-corrected chi connectivity index (χ4v) is 0. The monoisotopic (exact) mass is 350 g/mol. The minimum absolute atomic E-state index is 0. The number of carboxylic acids is 4. The van der Waals surface area contributed by atoms with Crippen LogP contribution >= 0.6 is 0 Å². The summed E-state index contributed by atoms with van der Waals surface area (Å²) < 4.78 is 0. The van der Waals surface area contributed by atoms with E-state index in [1.165, 1.54) is 0 Å². The van der Waals surface area contributed by atoms with Crippen molar-refractivity contribution in [1.82, 2.24) is 0 Å². The van der Waals surface area contributed by atoms with Crippen LogP contribution in [0.4, 0.5) is 0 Å². The van der Waals surface area contributed by atoms with E-state index in [2.05, 4.69) is 0 Å². The molecule has 0 aromatic carbocycles. The molecule has 0 bridgehead atoms. The fraction of sp³-hybridized carbons (Fsp3) is 0.600. The van der Waals surface area contributed by atoms with Gasteiger partial charge in [-0.25, -0.2) is 0 Å². The molecule has 0 rings (SSSR count). The van der Waals surface area contributed by atoms with Gasteiger partial charge in [0.15, 0.2) is 0 Å². The third-order valence-electron chi connectivity index (χ3n) is 0.167. The number of aliphatic carboxylic acids is 4. The van der Waals surface area contributed by atoms with Crippen molar-refractivity contribution in [3.63, 3.8) is 0 Å². The quantitative estimate of drug-likeness (QED) is 0.255. The van der Waals surface area contributed by atoms with Crippen molar-refractivity contribution < 1.29 is 73.4 Å². The predicted octanol–water partition coefficient (Wildman–Crippen LogP) is -3.77. The molecule has 0 fully saturated rings. The SMILES string of the molecule is CC(=O)O.CC(=O)O.CC(=O)O.CC(=O)O.NCCN.[H-].[H-].[H-].[Mg+2].[Na+]. The normalized spacial score (nSPS) is 5.91. The van der Waals surface area contributed by atoms with Gasteiger partial charge in [0.2, 0.25) is 0 Å². The van der Waals surface area contributed by atoms with Crippen LogP contribution in [0.25, 0.3) is 0 Å². The minimum Gasteiger partial charge on any atom is -1.00 e. The number of carboxylic acid groups (broad SMARTS) is 4. The van der Waals surface area contributed by atoms with Gasteiger partial charge < -0.3 is 36.2 Å². The zero-order valence-electron chi connectivity index (χ0n) is 16.7. The molecule has 0 unspecified atom stereocenters. The molecule has 0 spiro atoms. The van der Waals surface area contributed by atoms with E-state index in [9.17, 15) is 0 Å². The van der Waals surface area contributed by atoms with Crippen molar-refractivity contribution in [2.24, 2.45) is 11.5 Å². The summed E-state index contributed by atoms with van der Waals surface area (Å²) >= 11 is 0. The van der Waals surface area contributed by atoms with Crippen molar-refractivity contribution in [2.75, 3.05) is 13.1 Å². The summed E-state index contributed by atoms with van der Waals surface area (Å²) in [4.78, 5) is 36.0. The van der Waals surface area contributed by atoms with Crippen LogP contribution in [0, 0.1) is 0 Å². The summed E-state index contributed by atoms with van der Waals surface area (Å²) in [6.07, 6.45) is 0. The molecule has 0 saturated heterocycles. The summed E-state index contributed by atoms with van der Waals surface area (Å²) in [5.74, 6) is -3.33. The Bertz CT molecular complexity index is 215. The third kappa shape index (κ3) is 21000. The Morgan fingerprint density at radius 2 is 0.727 bits per heavy atom. The van der Waals surface area contributed by atoms with Crippen molar-refractivity contribution in [1.29, 1.82) is 0 Å². The van der Waals surface area contributed by atoms with Crippen LogP contribution in [0.15, 0.2) is 0 Å². The largest absolute Gasteiger partial charge is 2.00 e. The predicted molar refractivity (Wildman–Crippen MR) is 80.4 cm³/mol. The summed E-state index contributed by atoms with van der Waals surface area (Å²) in [5.41, 5.74) is 9.81. The first-order valence-electron chi connectivity index (χ1n) is 5.03. The minimum atomic E-state index is -0.833. The van der Waals surface area contributed by atoms with Gasteiger partial charge in [0.1, 0.15) is 0 Å². The Balaban J connectivity index is -0.0000000134. The summed E-state index contributed by atoms with van der Waals surface area (Å²) in [6.45, 7) is 5.53. The zero-order valence-corrected chi connectivity index (χ0v) is 17.1. The Kier molecular flexibility index (Phi) is 83.6. The maximum absolute atomic E-state index is 9.00. The van der Waals surface area contributed by atoms with Gasteiger partial charge in [-0.05, 0) is 0 Å². The van der Waals surface area contributed by atoms with E-state index < -0.39 is 23.9 Å². The van der Waals surface area contributed by atoms with Gasteiger partial charge in [-0.2, -0.15) is 0 Å². The molecule has 0 atom stereocenters. The van der Waals surface area contributed by atoms with Crippen LogP contribution in [-0.4, -0.2) is 80.4 Å². The Hall–Kier alpha value is -0.434. The molecule has 0 saturated carbocycles. The Labute approximate surface area is 172 Å². The van der Waals surface area contributed by atoms with Crippen LogP contribution in [0.3, 0.4) is 0 Å². The van der Waals surface area contributed by atoms with E-state index in [0.29, 0.717) is 13.1 Å². The third-order valence-corrected chi connectivity index (χ3v) is 0.167. The number of hydrogen-bond acceptors (Lipinski definition) is 6. The van der Waals surface area contributed by atoms with Crippen molar-refractivity contribution >= 4 is 46.9 Å². The van der Waals surface area contributed by atoms with Crippen LogP contribution in [-0.2, 0) is 19.2 Å². The molecule has 0 aromatic heterocycles. The molecular formula is C10H27MgN2NaO8. The topological polar surface area (TPSA) is 201 Å². The second-order valence-electron chi connectivity index (χ2n) is 2.65. The first-order valence-corrected chi connectivity index (χ1v) is 5.03. The summed E-state index contributed by atoms with van der Waals surface area (Å²) in [5, 5.41) is 29.7. The van der Waals surface area contributed by atoms with Gasteiger partial charge in [0.25, 0.3) is 23.9 Å². The molecule has 8 N–H and O–H groups in total. The molecule has 0 aliphatic heterocycles. The van der Waals surface area contributed by atoms with Gasteiger partial charge >= 0.3 is 52.6 Å². The first kappa shape index (κ1) is 43.0. The molecular weight excluding hydrogens is 323 g/mol. The summed E-state index contributed by atoms with van der Waals surface area (Å²) in [6, 6.07) is 0. The number of hydrogen-bond donors (Lipinski definition) is 6. The first-order chi connectivity index (χ1) is 8.84. The standard InChI is InChI=1S/C2H8N2.4C2H4O2.Mg.Na.3H/c3-1-2-4;4*1-2(3)4;;;;;/h1-4H2;4*1H3,(H,3,4);;;;;/q;;;;;+2;+1;3*-1. The van der Waals surface area contributed by atoms with Crippen molar-refractivity contribution in [3.8, 4) is 0 Å². The van der Waals surface area contributed by atoms with Crippen LogP contribution in [0.2, 0.25) is 0 Å². The Morgan fingerprint density at radius 1 is 0.682 bits per heavy atom. The smallest absolute Gasteiger partial charge is 1.00 e. The molecule has 10 nitrogen and oxygen atoms in total. The maximum Gasteiger partial charge on any atom is 2.00 e. The molecule has 22 heavy (non-hydrogen) atoms. The maximum atomic E-state index is 9.00. The van der Waals surface area contributed by atoms with Gasteiger partial charge in [0, 0.05) is 40.8 Å². The molecule has 0 aliphatic rings. The van der Waals surface area contributed by atoms with E-state index in [1.54, 1.807) is 0 Å². The van der Waals surface area contributed by atoms with Crippen LogP contribution in [0.5, 0.6) is 0 Å². The van der Waals surface area contributed by atoms with Crippen LogP contribution < -0.4 is 41.0 Å². The van der Waals surface area contributed by atoms with E-state index in [-0.39, 0.29) is 56.9 Å². The van der Waals surface area contributed by atoms with Gasteiger partial charge in [-0.3, -0.25) is 19.2 Å². The van der Waals surface area contributed by atoms with Gasteiger partial charge in [-0.1, -0.05) is 0 Å². The molecule has 0 heterocycles. The van der Waals surface area contributed by atoms with E-state index in [4.69, 9.17) is 51.1 Å². The van der Waals surface area contributed by atoms with Crippen molar-refractivity contribution in [2.45, 2.75) is 27.7 Å². The zero-order chi connectivity index (χ0) is 17.7. The molecule has 0 amide bonds. The average Bonchev–Trinajstić information content (AvgIpc) is 2.13. The van der Waals surface area contributed by atoms with Gasteiger partial charge in [0.05, 0.1) is 0 Å². The fourth-order valence-electron chi connectivity index (χ4n) is 0. The van der Waals surface area contributed by atoms with E-state index >= 15 is 0 Å². The second kappa shape index (κ2) is 42.8. The van der Waals surface area contributed by atoms with E-state index in [1.807, 2.05) is 0 Å². The number of carbonyl (C=O) groups is 4. The number of rotatable bonds is 1. The van der Waals surface area contributed by atoms with E-state index in [0.717, 1.165) is 27.7 Å². The molecule has 0 aromatic rings. The average molecular weight is 351 g/mol. The summed E-state index contributed by atoms with van der Waals surface area (Å²) in [7, 11) is 0. The molecule has 0 aliphatic carbocycles. The molecule has 128 valence electrons. The Morgan fingerprint density at radius 3 is 0.727 bits per heavy atom. The second-order valence-corrected chi connectivity index (χ2v) is 2.65.